The number of nitrogens with zero attached hydrogens (tertiary/aromatic N) is 2. The molecular weight excluding hydrogens is 248 g/mol. The maximum Gasteiger partial charge on any atom is 0.159 e. The quantitative estimate of drug-likeness (QED) is 0.719. The summed E-state index contributed by atoms with van der Waals surface area (Å²) in [7, 11) is 1.67. The Morgan fingerprint density at radius 1 is 0.700 bits per heavy atom. The zero-order chi connectivity index (χ0) is 13.8. The molecule has 20 heavy (non-hydrogen) atoms. The van der Waals surface area contributed by atoms with E-state index in [1.807, 2.05) is 42.5 Å². The summed E-state index contributed by atoms with van der Waals surface area (Å²) >= 11 is 0. The molecule has 0 N–H and O–H groups in total. The van der Waals surface area contributed by atoms with Gasteiger partial charge < -0.3 is 4.74 Å². The van der Waals surface area contributed by atoms with Crippen LogP contribution in [0, 0.1) is 0 Å². The number of rotatable bonds is 3. The van der Waals surface area contributed by atoms with Gasteiger partial charge in [0.05, 0.1) is 7.11 Å². The fourth-order valence-electron chi connectivity index (χ4n) is 2.04. The van der Waals surface area contributed by atoms with Crippen LogP contribution in [0.3, 0.4) is 0 Å². The van der Waals surface area contributed by atoms with E-state index in [1.165, 1.54) is 0 Å². The minimum Gasteiger partial charge on any atom is -0.497 e. The van der Waals surface area contributed by atoms with Crippen LogP contribution in [0.25, 0.3) is 22.5 Å². The molecule has 0 fully saturated rings. The lowest BCUT2D eigenvalue weighted by atomic mass is 10.0. The molecule has 0 saturated heterocycles. The summed E-state index contributed by atoms with van der Waals surface area (Å²) in [5.74, 6) is 1.61. The molecule has 0 saturated carbocycles. The average molecular weight is 262 g/mol. The zero-order valence-electron chi connectivity index (χ0n) is 11.2. The highest BCUT2D eigenvalue weighted by molar-refractivity contribution is 5.68. The summed E-state index contributed by atoms with van der Waals surface area (Å²) in [5.41, 5.74) is 3.33. The van der Waals surface area contributed by atoms with Crippen molar-refractivity contribution in [3.63, 3.8) is 0 Å². The van der Waals surface area contributed by atoms with Crippen molar-refractivity contribution in [2.45, 2.75) is 0 Å². The lowest BCUT2D eigenvalue weighted by Gasteiger charge is -2.05. The summed E-state index contributed by atoms with van der Waals surface area (Å²) < 4.78 is 5.17. The molecule has 98 valence electrons. The minimum absolute atomic E-state index is 0.744. The molecule has 0 unspecified atom stereocenters. The van der Waals surface area contributed by atoms with Crippen molar-refractivity contribution >= 4 is 0 Å². The third-order valence-corrected chi connectivity index (χ3v) is 3.13. The highest BCUT2D eigenvalue weighted by Crippen LogP contribution is 2.24. The SMILES string of the molecule is COc1ccc(-c2ccc(-c3ncccn3)cc2)cc1. The maximum atomic E-state index is 5.17. The third-order valence-electron chi connectivity index (χ3n) is 3.13. The highest BCUT2D eigenvalue weighted by Gasteiger charge is 2.02. The van der Waals surface area contributed by atoms with Crippen LogP contribution < -0.4 is 4.74 Å². The molecule has 0 bridgehead atoms. The normalized spacial score (nSPS) is 10.2. The van der Waals surface area contributed by atoms with Gasteiger partial charge in [-0.05, 0) is 29.3 Å². The van der Waals surface area contributed by atoms with Crippen molar-refractivity contribution in [1.82, 2.24) is 9.97 Å². The first kappa shape index (κ1) is 12.4. The second-order valence-electron chi connectivity index (χ2n) is 4.38. The molecule has 3 heteroatoms. The molecule has 0 atom stereocenters. The molecule has 0 aliphatic rings. The average Bonchev–Trinajstić information content (AvgIpc) is 2.56. The number of hydrogen-bond acceptors (Lipinski definition) is 3. The molecular formula is C17H14N2O. The van der Waals surface area contributed by atoms with Gasteiger partial charge in [0.15, 0.2) is 5.82 Å². The Hall–Kier alpha value is -2.68. The van der Waals surface area contributed by atoms with E-state index in [0.29, 0.717) is 0 Å². The topological polar surface area (TPSA) is 35.0 Å². The van der Waals surface area contributed by atoms with E-state index in [9.17, 15) is 0 Å². The molecule has 3 rings (SSSR count). The predicted octanol–water partition coefficient (Wildman–Crippen LogP) is 3.82. The van der Waals surface area contributed by atoms with Gasteiger partial charge in [0.1, 0.15) is 5.75 Å². The minimum atomic E-state index is 0.744. The van der Waals surface area contributed by atoms with Crippen LogP contribution in [0.15, 0.2) is 67.0 Å². The highest BCUT2D eigenvalue weighted by atomic mass is 16.5. The number of benzene rings is 2. The molecule has 1 heterocycles. The molecule has 0 aliphatic heterocycles. The zero-order valence-corrected chi connectivity index (χ0v) is 11.2. The van der Waals surface area contributed by atoms with E-state index in [-0.39, 0.29) is 0 Å². The largest absolute Gasteiger partial charge is 0.497 e. The van der Waals surface area contributed by atoms with Gasteiger partial charge in [0.25, 0.3) is 0 Å². The third kappa shape index (κ3) is 2.52. The van der Waals surface area contributed by atoms with Crippen molar-refractivity contribution in [2.24, 2.45) is 0 Å². The molecule has 0 radical (unpaired) electrons. The van der Waals surface area contributed by atoms with Crippen molar-refractivity contribution in [1.29, 1.82) is 0 Å². The Labute approximate surface area is 117 Å². The summed E-state index contributed by atoms with van der Waals surface area (Å²) in [6.45, 7) is 0. The molecule has 2 aromatic carbocycles. The van der Waals surface area contributed by atoms with Gasteiger partial charge in [-0.1, -0.05) is 36.4 Å². The molecule has 1 aromatic heterocycles. The van der Waals surface area contributed by atoms with Gasteiger partial charge in [-0.25, -0.2) is 9.97 Å². The van der Waals surface area contributed by atoms with Gasteiger partial charge in [0, 0.05) is 18.0 Å². The molecule has 0 spiro atoms. The van der Waals surface area contributed by atoms with Crippen molar-refractivity contribution in [2.75, 3.05) is 7.11 Å². The van der Waals surface area contributed by atoms with Crippen molar-refractivity contribution in [3.8, 4) is 28.3 Å². The van der Waals surface area contributed by atoms with E-state index < -0.39 is 0 Å². The summed E-state index contributed by atoms with van der Waals surface area (Å²) in [6.07, 6.45) is 3.50. The first-order valence-corrected chi connectivity index (χ1v) is 6.39. The Kier molecular flexibility index (Phi) is 3.42. The van der Waals surface area contributed by atoms with Gasteiger partial charge in [-0.15, -0.1) is 0 Å². The van der Waals surface area contributed by atoms with Crippen molar-refractivity contribution < 1.29 is 4.74 Å². The Balaban J connectivity index is 1.89. The summed E-state index contributed by atoms with van der Waals surface area (Å²) in [6, 6.07) is 18.1. The Morgan fingerprint density at radius 2 is 1.20 bits per heavy atom. The number of hydrogen-bond donors (Lipinski definition) is 0. The number of methoxy groups -OCH3 is 1. The maximum absolute atomic E-state index is 5.17. The molecule has 3 aromatic rings. The van der Waals surface area contributed by atoms with E-state index in [2.05, 4.69) is 22.1 Å². The lowest BCUT2D eigenvalue weighted by molar-refractivity contribution is 0.415. The van der Waals surface area contributed by atoms with Crippen LogP contribution >= 0.6 is 0 Å². The monoisotopic (exact) mass is 262 g/mol. The first-order valence-electron chi connectivity index (χ1n) is 6.39. The second kappa shape index (κ2) is 5.53. The molecule has 0 amide bonds. The molecule has 3 nitrogen and oxygen atoms in total. The van der Waals surface area contributed by atoms with Crippen LogP contribution in [0.2, 0.25) is 0 Å². The van der Waals surface area contributed by atoms with Crippen molar-refractivity contribution in [3.05, 3.63) is 67.0 Å². The van der Waals surface area contributed by atoms with E-state index in [4.69, 9.17) is 4.74 Å². The van der Waals surface area contributed by atoms with Gasteiger partial charge in [0.2, 0.25) is 0 Å². The predicted molar refractivity (Wildman–Crippen MR) is 79.5 cm³/mol. The first-order chi connectivity index (χ1) is 9.86. The standard InChI is InChI=1S/C17H14N2O/c1-20-16-9-7-14(8-10-16)13-3-5-15(6-4-13)17-18-11-2-12-19-17/h2-12H,1H3. The summed E-state index contributed by atoms with van der Waals surface area (Å²) in [5, 5.41) is 0. The van der Waals surface area contributed by atoms with E-state index in [0.717, 1.165) is 28.3 Å². The molecule has 0 aliphatic carbocycles. The Morgan fingerprint density at radius 3 is 1.75 bits per heavy atom. The lowest BCUT2D eigenvalue weighted by Crippen LogP contribution is -1.87. The van der Waals surface area contributed by atoms with E-state index in [1.54, 1.807) is 19.5 Å². The summed E-state index contributed by atoms with van der Waals surface area (Å²) in [4.78, 5) is 8.49. The van der Waals surface area contributed by atoms with Crippen LogP contribution in [0.4, 0.5) is 0 Å². The fraction of sp³-hybridized carbons (Fsp3) is 0.0588. The van der Waals surface area contributed by atoms with Gasteiger partial charge in [-0.3, -0.25) is 0 Å². The van der Waals surface area contributed by atoms with Gasteiger partial charge >= 0.3 is 0 Å². The van der Waals surface area contributed by atoms with Crippen LogP contribution in [-0.4, -0.2) is 17.1 Å². The number of aromatic nitrogens is 2. The second-order valence-corrected chi connectivity index (χ2v) is 4.38. The van der Waals surface area contributed by atoms with Crippen LogP contribution in [-0.2, 0) is 0 Å². The smallest absolute Gasteiger partial charge is 0.159 e. The fourth-order valence-corrected chi connectivity index (χ4v) is 2.04. The number of ether oxygens (including phenoxy) is 1. The van der Waals surface area contributed by atoms with Crippen LogP contribution in [0.5, 0.6) is 5.75 Å². The van der Waals surface area contributed by atoms with E-state index >= 15 is 0 Å². The van der Waals surface area contributed by atoms with Crippen LogP contribution in [0.1, 0.15) is 0 Å². The van der Waals surface area contributed by atoms with Gasteiger partial charge in [-0.2, -0.15) is 0 Å². The Bertz CT molecular complexity index is 676.